The molecule has 2 saturated carbocycles. The average Bonchev–Trinajstić information content (AvgIpc) is 2.69. The van der Waals surface area contributed by atoms with Gasteiger partial charge in [-0.15, -0.1) is 0 Å². The number of ketones is 1. The molecule has 0 aromatic heterocycles. The molecule has 0 heterocycles. The summed E-state index contributed by atoms with van der Waals surface area (Å²) in [6.07, 6.45) is 16.0. The van der Waals surface area contributed by atoms with Gasteiger partial charge >= 0.3 is 0 Å². The van der Waals surface area contributed by atoms with Crippen molar-refractivity contribution < 1.29 is 9.90 Å². The summed E-state index contributed by atoms with van der Waals surface area (Å²) < 4.78 is 0. The minimum Gasteiger partial charge on any atom is -0.504 e. The quantitative estimate of drug-likeness (QED) is 0.463. The first-order chi connectivity index (χ1) is 13.6. The lowest BCUT2D eigenvalue weighted by Gasteiger charge is -2.67. The molecule has 2 fully saturated rings. The fourth-order valence-corrected chi connectivity index (χ4v) is 7.71. The standard InChI is InChI=1S/C27H34O2/c1-16-8-10-25(3)12-13-26(4)21-7-6-18-17(2)24(29)22(28)15-20(18)19(21)9-11-27(26,5)23(25)14-16/h6-8,15,19,23,29H,9-14H2,1-5H3/t19?,23?,25-,26-,27+/m1/s1. The Morgan fingerprint density at radius 3 is 2.59 bits per heavy atom. The molecular formula is C27H34O2. The minimum absolute atomic E-state index is 0.0818. The topological polar surface area (TPSA) is 37.3 Å². The van der Waals surface area contributed by atoms with Crippen LogP contribution in [-0.2, 0) is 4.79 Å². The number of carbonyl (C=O) groups excluding carboxylic acids is 1. The van der Waals surface area contributed by atoms with E-state index >= 15 is 0 Å². The Morgan fingerprint density at radius 1 is 1.07 bits per heavy atom. The number of hydrogen-bond donors (Lipinski definition) is 1. The van der Waals surface area contributed by atoms with Crippen LogP contribution in [-0.4, -0.2) is 10.9 Å². The second-order valence-corrected chi connectivity index (χ2v) is 11.1. The van der Waals surface area contributed by atoms with E-state index in [-0.39, 0.29) is 22.4 Å². The van der Waals surface area contributed by atoms with Crippen molar-refractivity contribution in [2.75, 3.05) is 0 Å². The minimum atomic E-state index is -0.223. The molecule has 0 aromatic rings. The van der Waals surface area contributed by atoms with Crippen molar-refractivity contribution in [1.82, 2.24) is 0 Å². The van der Waals surface area contributed by atoms with E-state index in [0.29, 0.717) is 11.3 Å². The van der Waals surface area contributed by atoms with E-state index in [0.717, 1.165) is 29.1 Å². The van der Waals surface area contributed by atoms with Gasteiger partial charge in [-0.2, -0.15) is 0 Å². The Hall–Kier alpha value is -1.83. The Bertz CT molecular complexity index is 970. The number of aliphatic hydroxyl groups is 1. The normalized spacial score (nSPS) is 43.8. The molecule has 154 valence electrons. The van der Waals surface area contributed by atoms with E-state index in [1.807, 2.05) is 6.92 Å². The van der Waals surface area contributed by atoms with E-state index in [4.69, 9.17) is 0 Å². The smallest absolute Gasteiger partial charge is 0.220 e. The molecule has 0 amide bonds. The van der Waals surface area contributed by atoms with Crippen LogP contribution in [0.1, 0.15) is 73.1 Å². The van der Waals surface area contributed by atoms with Crippen LogP contribution in [0.2, 0.25) is 0 Å². The second-order valence-electron chi connectivity index (χ2n) is 11.1. The van der Waals surface area contributed by atoms with Gasteiger partial charge in [0.2, 0.25) is 5.78 Å². The van der Waals surface area contributed by atoms with Crippen LogP contribution >= 0.6 is 0 Å². The molecule has 0 spiro atoms. The van der Waals surface area contributed by atoms with E-state index in [9.17, 15) is 9.90 Å². The van der Waals surface area contributed by atoms with Gasteiger partial charge in [-0.1, -0.05) is 50.1 Å². The third kappa shape index (κ3) is 2.32. The second kappa shape index (κ2) is 5.86. The SMILES string of the molecule is CC1=CC[C@]2(C)CC[C@]3(C)C4=CC=C5C(=CC(=O)C(O)=C5C)C4CC[C@@]3(C)C2C1. The summed E-state index contributed by atoms with van der Waals surface area (Å²) in [7, 11) is 0. The van der Waals surface area contributed by atoms with Gasteiger partial charge in [0, 0.05) is 11.5 Å². The molecule has 5 aliphatic carbocycles. The summed E-state index contributed by atoms with van der Waals surface area (Å²) in [6.45, 7) is 11.8. The number of hydrogen-bond acceptors (Lipinski definition) is 2. The van der Waals surface area contributed by atoms with Gasteiger partial charge < -0.3 is 5.11 Å². The molecule has 0 saturated heterocycles. The Kier molecular flexibility index (Phi) is 3.87. The molecule has 5 aliphatic rings. The first-order valence-corrected chi connectivity index (χ1v) is 11.4. The molecule has 5 rings (SSSR count). The molecular weight excluding hydrogens is 356 g/mol. The van der Waals surface area contributed by atoms with Gasteiger partial charge in [0.25, 0.3) is 0 Å². The van der Waals surface area contributed by atoms with E-state index in [2.05, 4.69) is 45.9 Å². The lowest BCUT2D eigenvalue weighted by Crippen LogP contribution is -2.58. The summed E-state index contributed by atoms with van der Waals surface area (Å²) in [5.74, 6) is 0.739. The van der Waals surface area contributed by atoms with Crippen molar-refractivity contribution in [2.45, 2.75) is 73.1 Å². The zero-order valence-corrected chi connectivity index (χ0v) is 18.6. The summed E-state index contributed by atoms with van der Waals surface area (Å²) >= 11 is 0. The molecule has 0 aromatic carbocycles. The maximum absolute atomic E-state index is 12.4. The average molecular weight is 391 g/mol. The number of fused-ring (bicyclic) bond motifs is 7. The maximum Gasteiger partial charge on any atom is 0.220 e. The number of rotatable bonds is 0. The van der Waals surface area contributed by atoms with Crippen molar-refractivity contribution in [2.24, 2.45) is 28.1 Å². The van der Waals surface area contributed by atoms with Gasteiger partial charge in [0.1, 0.15) is 0 Å². The summed E-state index contributed by atoms with van der Waals surface area (Å²) in [5, 5.41) is 10.2. The van der Waals surface area contributed by atoms with E-state index in [1.165, 1.54) is 37.7 Å². The number of aliphatic hydroxyl groups excluding tert-OH is 1. The van der Waals surface area contributed by atoms with Crippen molar-refractivity contribution in [1.29, 1.82) is 0 Å². The predicted octanol–water partition coefficient (Wildman–Crippen LogP) is 6.77. The van der Waals surface area contributed by atoms with Gasteiger partial charge in [0.05, 0.1) is 0 Å². The van der Waals surface area contributed by atoms with Crippen LogP contribution in [0.3, 0.4) is 0 Å². The molecule has 0 radical (unpaired) electrons. The van der Waals surface area contributed by atoms with E-state index < -0.39 is 0 Å². The van der Waals surface area contributed by atoms with Crippen molar-refractivity contribution in [3.63, 3.8) is 0 Å². The highest BCUT2D eigenvalue weighted by Crippen LogP contribution is 2.71. The number of carbonyl (C=O) groups is 1. The molecule has 5 atom stereocenters. The predicted molar refractivity (Wildman–Crippen MR) is 117 cm³/mol. The molecule has 0 bridgehead atoms. The van der Waals surface area contributed by atoms with Crippen LogP contribution in [0.15, 0.2) is 57.9 Å². The summed E-state index contributed by atoms with van der Waals surface area (Å²) in [5.41, 5.74) is 6.94. The fourth-order valence-electron chi connectivity index (χ4n) is 7.71. The van der Waals surface area contributed by atoms with Crippen LogP contribution in [0.25, 0.3) is 0 Å². The highest BCUT2D eigenvalue weighted by Gasteiger charge is 2.62. The van der Waals surface area contributed by atoms with Gasteiger partial charge in [-0.3, -0.25) is 4.79 Å². The van der Waals surface area contributed by atoms with Crippen molar-refractivity contribution in [3.8, 4) is 0 Å². The van der Waals surface area contributed by atoms with Crippen molar-refractivity contribution >= 4 is 5.78 Å². The molecule has 2 nitrogen and oxygen atoms in total. The highest BCUT2D eigenvalue weighted by molar-refractivity contribution is 6.06. The molecule has 2 heteroatoms. The summed E-state index contributed by atoms with van der Waals surface area (Å²) in [4.78, 5) is 12.4. The highest BCUT2D eigenvalue weighted by atomic mass is 16.3. The zero-order chi connectivity index (χ0) is 20.8. The first kappa shape index (κ1) is 19.2. The third-order valence-corrected chi connectivity index (χ3v) is 9.87. The van der Waals surface area contributed by atoms with Crippen LogP contribution in [0, 0.1) is 28.1 Å². The van der Waals surface area contributed by atoms with Crippen molar-refractivity contribution in [3.05, 3.63) is 57.9 Å². The van der Waals surface area contributed by atoms with Crippen LogP contribution in [0.5, 0.6) is 0 Å². The fraction of sp³-hybridized carbons (Fsp3) is 0.593. The summed E-state index contributed by atoms with van der Waals surface area (Å²) in [6, 6.07) is 0. The Labute approximate surface area is 175 Å². The monoisotopic (exact) mass is 390 g/mol. The lowest BCUT2D eigenvalue weighted by molar-refractivity contribution is -0.118. The molecule has 2 unspecified atom stereocenters. The Balaban J connectivity index is 1.62. The van der Waals surface area contributed by atoms with Gasteiger partial charge in [0.15, 0.2) is 5.76 Å². The van der Waals surface area contributed by atoms with Gasteiger partial charge in [-0.05, 0) is 91.8 Å². The zero-order valence-electron chi connectivity index (χ0n) is 18.6. The molecule has 1 N–H and O–H groups in total. The molecule has 0 aliphatic heterocycles. The molecule has 29 heavy (non-hydrogen) atoms. The van der Waals surface area contributed by atoms with Crippen LogP contribution in [0.4, 0.5) is 0 Å². The number of allylic oxidation sites excluding steroid dienone is 9. The lowest BCUT2D eigenvalue weighted by atomic mass is 9.37. The van der Waals surface area contributed by atoms with Crippen LogP contribution < -0.4 is 0 Å². The maximum atomic E-state index is 12.4. The largest absolute Gasteiger partial charge is 0.504 e. The Morgan fingerprint density at radius 2 is 1.83 bits per heavy atom. The first-order valence-electron chi connectivity index (χ1n) is 11.4. The van der Waals surface area contributed by atoms with Gasteiger partial charge in [-0.25, -0.2) is 0 Å². The third-order valence-electron chi connectivity index (χ3n) is 9.87. The van der Waals surface area contributed by atoms with E-state index in [1.54, 1.807) is 11.6 Å².